The summed E-state index contributed by atoms with van der Waals surface area (Å²) >= 11 is 0. The summed E-state index contributed by atoms with van der Waals surface area (Å²) in [6.45, 7) is 6.55. The predicted octanol–water partition coefficient (Wildman–Crippen LogP) is 3.06. The highest BCUT2D eigenvalue weighted by Gasteiger charge is 2.58. The van der Waals surface area contributed by atoms with E-state index in [2.05, 4.69) is 26.1 Å². The maximum absolute atomic E-state index is 12.2. The van der Waals surface area contributed by atoms with Crippen molar-refractivity contribution in [3.63, 3.8) is 0 Å². The molecule has 0 aromatic carbocycles. The van der Waals surface area contributed by atoms with Gasteiger partial charge in [-0.15, -0.1) is 0 Å². The first-order valence-corrected chi connectivity index (χ1v) is 5.88. The van der Waals surface area contributed by atoms with Gasteiger partial charge in [-0.2, -0.15) is 0 Å². The van der Waals surface area contributed by atoms with Gasteiger partial charge in [-0.1, -0.05) is 20.8 Å². The lowest BCUT2D eigenvalue weighted by Gasteiger charge is -2.43. The van der Waals surface area contributed by atoms with Gasteiger partial charge in [-0.3, -0.25) is 0 Å². The molecule has 3 heteroatoms. The quantitative estimate of drug-likeness (QED) is 0.766. The molecule has 0 amide bonds. The molecular formula is C12H21F2N. The summed E-state index contributed by atoms with van der Waals surface area (Å²) in [7, 11) is 0. The molecule has 2 bridgehead atoms. The third-order valence-corrected chi connectivity index (χ3v) is 4.75. The maximum atomic E-state index is 12.2. The molecule has 15 heavy (non-hydrogen) atoms. The number of alkyl halides is 2. The molecule has 2 fully saturated rings. The van der Waals surface area contributed by atoms with Gasteiger partial charge in [-0.25, -0.2) is 8.78 Å². The van der Waals surface area contributed by atoms with E-state index in [0.717, 1.165) is 5.92 Å². The van der Waals surface area contributed by atoms with Crippen molar-refractivity contribution >= 4 is 0 Å². The van der Waals surface area contributed by atoms with E-state index >= 15 is 0 Å². The van der Waals surface area contributed by atoms with E-state index in [9.17, 15) is 8.78 Å². The number of fused-ring (bicyclic) bond motifs is 2. The minimum Gasteiger partial charge on any atom is -0.308 e. The molecule has 1 nitrogen and oxygen atoms in total. The molecule has 2 saturated carbocycles. The molecule has 0 radical (unpaired) electrons. The number of nitrogens with one attached hydrogen (secondary N) is 1. The summed E-state index contributed by atoms with van der Waals surface area (Å²) in [6.07, 6.45) is 1.45. The molecule has 0 aromatic heterocycles. The van der Waals surface area contributed by atoms with Crippen molar-refractivity contribution in [2.45, 2.75) is 52.5 Å². The summed E-state index contributed by atoms with van der Waals surface area (Å²) in [5.41, 5.74) is 0.435. The fourth-order valence-corrected chi connectivity index (χ4v) is 4.02. The highest BCUT2D eigenvalue weighted by molar-refractivity contribution is 5.11. The second-order valence-electron chi connectivity index (χ2n) is 6.15. The SMILES string of the molecule is CC1(C)C(NCC(F)F)[C@]2(C)CC[C@H]1C2. The Kier molecular flexibility index (Phi) is 2.57. The number of halogens is 2. The fourth-order valence-electron chi connectivity index (χ4n) is 4.02. The van der Waals surface area contributed by atoms with Crippen LogP contribution in [0.2, 0.25) is 0 Å². The topological polar surface area (TPSA) is 12.0 Å². The second kappa shape index (κ2) is 3.41. The average molecular weight is 217 g/mol. The van der Waals surface area contributed by atoms with Crippen molar-refractivity contribution in [2.24, 2.45) is 16.7 Å². The van der Waals surface area contributed by atoms with Crippen LogP contribution in [0.15, 0.2) is 0 Å². The van der Waals surface area contributed by atoms with E-state index in [4.69, 9.17) is 0 Å². The Hall–Kier alpha value is -0.180. The Morgan fingerprint density at radius 3 is 2.47 bits per heavy atom. The van der Waals surface area contributed by atoms with Crippen LogP contribution in [0, 0.1) is 16.7 Å². The second-order valence-corrected chi connectivity index (χ2v) is 6.15. The van der Waals surface area contributed by atoms with Crippen LogP contribution >= 0.6 is 0 Å². The maximum Gasteiger partial charge on any atom is 0.250 e. The molecule has 2 rings (SSSR count). The minimum atomic E-state index is -2.23. The van der Waals surface area contributed by atoms with Gasteiger partial charge < -0.3 is 5.32 Å². The minimum absolute atomic E-state index is 0.156. The van der Waals surface area contributed by atoms with Crippen LogP contribution < -0.4 is 5.32 Å². The summed E-state index contributed by atoms with van der Waals surface area (Å²) in [5.74, 6) is 0.720. The summed E-state index contributed by atoms with van der Waals surface area (Å²) in [6, 6.07) is 0.262. The summed E-state index contributed by atoms with van der Waals surface area (Å²) < 4.78 is 24.5. The molecule has 0 saturated heterocycles. The van der Waals surface area contributed by atoms with Crippen LogP contribution in [0.5, 0.6) is 0 Å². The number of hydrogen-bond acceptors (Lipinski definition) is 1. The summed E-state index contributed by atoms with van der Waals surface area (Å²) in [5, 5.41) is 3.09. The lowest BCUT2D eigenvalue weighted by atomic mass is 9.68. The van der Waals surface area contributed by atoms with E-state index in [1.807, 2.05) is 0 Å². The molecule has 0 aliphatic heterocycles. The Labute approximate surface area is 90.6 Å². The molecule has 3 atom stereocenters. The van der Waals surface area contributed by atoms with Gasteiger partial charge in [0.1, 0.15) is 0 Å². The highest BCUT2D eigenvalue weighted by Crippen LogP contribution is 2.62. The molecule has 2 aliphatic carbocycles. The van der Waals surface area contributed by atoms with Crippen molar-refractivity contribution < 1.29 is 8.78 Å². The van der Waals surface area contributed by atoms with Gasteiger partial charge in [0.25, 0.3) is 6.43 Å². The lowest BCUT2D eigenvalue weighted by Crippen LogP contribution is -2.51. The van der Waals surface area contributed by atoms with Crippen LogP contribution in [-0.4, -0.2) is 19.0 Å². The van der Waals surface area contributed by atoms with E-state index < -0.39 is 6.43 Å². The van der Waals surface area contributed by atoms with Gasteiger partial charge in [0.2, 0.25) is 0 Å². The van der Waals surface area contributed by atoms with Crippen LogP contribution in [0.4, 0.5) is 8.78 Å². The monoisotopic (exact) mass is 217 g/mol. The third-order valence-electron chi connectivity index (χ3n) is 4.75. The zero-order valence-corrected chi connectivity index (χ0v) is 9.82. The smallest absolute Gasteiger partial charge is 0.250 e. The standard InChI is InChI=1S/C12H21F2N/c1-11(2)8-4-5-12(3,6-8)10(11)15-7-9(13)14/h8-10,15H,4-7H2,1-3H3/t8-,10?,12+/m0/s1. The lowest BCUT2D eigenvalue weighted by molar-refractivity contribution is 0.0787. The van der Waals surface area contributed by atoms with Crippen molar-refractivity contribution in [3.8, 4) is 0 Å². The van der Waals surface area contributed by atoms with Gasteiger partial charge >= 0.3 is 0 Å². The number of hydrogen-bond donors (Lipinski definition) is 1. The van der Waals surface area contributed by atoms with Crippen LogP contribution in [0.1, 0.15) is 40.0 Å². The van der Waals surface area contributed by atoms with Crippen molar-refractivity contribution in [1.82, 2.24) is 5.32 Å². The predicted molar refractivity (Wildman–Crippen MR) is 57.0 cm³/mol. The Bertz CT molecular complexity index is 247. The van der Waals surface area contributed by atoms with Crippen LogP contribution in [-0.2, 0) is 0 Å². The molecule has 0 aromatic rings. The third kappa shape index (κ3) is 1.69. The van der Waals surface area contributed by atoms with E-state index in [1.165, 1.54) is 19.3 Å². The van der Waals surface area contributed by atoms with Gasteiger partial charge in [0.05, 0.1) is 6.54 Å². The Morgan fingerprint density at radius 2 is 2.00 bits per heavy atom. The normalized spacial score (nSPS) is 42.8. The first-order valence-electron chi connectivity index (χ1n) is 5.88. The highest BCUT2D eigenvalue weighted by atomic mass is 19.3. The molecular weight excluding hydrogens is 196 g/mol. The van der Waals surface area contributed by atoms with Gasteiger partial charge in [0, 0.05) is 6.04 Å². The molecule has 1 unspecified atom stereocenters. The van der Waals surface area contributed by atoms with Gasteiger partial charge in [-0.05, 0) is 36.0 Å². The van der Waals surface area contributed by atoms with Crippen LogP contribution in [0.25, 0.3) is 0 Å². The van der Waals surface area contributed by atoms with Gasteiger partial charge in [0.15, 0.2) is 0 Å². The Morgan fingerprint density at radius 1 is 1.33 bits per heavy atom. The van der Waals surface area contributed by atoms with E-state index in [1.54, 1.807) is 0 Å². The zero-order valence-electron chi connectivity index (χ0n) is 9.82. The van der Waals surface area contributed by atoms with E-state index in [-0.39, 0.29) is 23.4 Å². The number of rotatable bonds is 3. The van der Waals surface area contributed by atoms with E-state index in [0.29, 0.717) is 0 Å². The summed E-state index contributed by atoms with van der Waals surface area (Å²) in [4.78, 5) is 0. The van der Waals surface area contributed by atoms with Crippen molar-refractivity contribution in [2.75, 3.05) is 6.54 Å². The first kappa shape index (κ1) is 11.3. The molecule has 1 N–H and O–H groups in total. The molecule has 0 spiro atoms. The zero-order chi connectivity index (χ0) is 11.3. The largest absolute Gasteiger partial charge is 0.308 e. The van der Waals surface area contributed by atoms with Crippen molar-refractivity contribution in [1.29, 1.82) is 0 Å². The van der Waals surface area contributed by atoms with Crippen LogP contribution in [0.3, 0.4) is 0 Å². The molecule has 0 heterocycles. The molecule has 2 aliphatic rings. The average Bonchev–Trinajstić information content (AvgIpc) is 2.54. The van der Waals surface area contributed by atoms with Crippen molar-refractivity contribution in [3.05, 3.63) is 0 Å². The first-order chi connectivity index (χ1) is 6.86. The Balaban J connectivity index is 2.09. The fraction of sp³-hybridized carbons (Fsp3) is 1.00. The molecule has 88 valence electrons.